The Morgan fingerprint density at radius 1 is 0.980 bits per heavy atom. The molecule has 49 heavy (non-hydrogen) atoms. The highest BCUT2D eigenvalue weighted by atomic mass is 16.5. The summed E-state index contributed by atoms with van der Waals surface area (Å²) >= 11 is 0. The SMILES string of the molecule is Cc1onc(-c2ccccc2)c1C(=O)N1C[C@@H]2C[C@H]1C(=O)NCCCCN(Cc1cccc(-n3cccn3)c1)CCCN2C(=O)CC(C)C. The summed E-state index contributed by atoms with van der Waals surface area (Å²) in [6.07, 6.45) is 7.03. The zero-order chi connectivity index (χ0) is 34.3. The average molecular weight is 666 g/mol. The maximum Gasteiger partial charge on any atom is 0.260 e. The van der Waals surface area contributed by atoms with Crippen LogP contribution < -0.4 is 5.32 Å². The Balaban J connectivity index is 1.24. The molecule has 0 radical (unpaired) electrons. The molecule has 2 bridgehead atoms. The molecule has 3 amide bonds. The summed E-state index contributed by atoms with van der Waals surface area (Å²) in [6.45, 7) is 9.62. The van der Waals surface area contributed by atoms with Crippen LogP contribution in [0.5, 0.6) is 0 Å². The summed E-state index contributed by atoms with van der Waals surface area (Å²) in [4.78, 5) is 48.0. The van der Waals surface area contributed by atoms with Crippen LogP contribution in [-0.2, 0) is 16.1 Å². The van der Waals surface area contributed by atoms with E-state index in [9.17, 15) is 14.4 Å². The van der Waals surface area contributed by atoms with Crippen LogP contribution in [0.25, 0.3) is 16.9 Å². The molecule has 258 valence electrons. The highest BCUT2D eigenvalue weighted by Crippen LogP contribution is 2.31. The van der Waals surface area contributed by atoms with Crippen LogP contribution in [0.2, 0.25) is 0 Å². The Labute approximate surface area is 288 Å². The zero-order valence-electron chi connectivity index (χ0n) is 28.8. The average Bonchev–Trinajstić information content (AvgIpc) is 3.87. The molecule has 2 fully saturated rings. The number of likely N-dealkylation sites (tertiary alicyclic amines) is 1. The van der Waals surface area contributed by atoms with Crippen molar-refractivity contribution in [3.8, 4) is 16.9 Å². The Morgan fingerprint density at radius 2 is 1.80 bits per heavy atom. The van der Waals surface area contributed by atoms with Gasteiger partial charge >= 0.3 is 0 Å². The lowest BCUT2D eigenvalue weighted by atomic mass is 10.0. The lowest BCUT2D eigenvalue weighted by molar-refractivity contribution is -0.134. The first-order valence-corrected chi connectivity index (χ1v) is 17.5. The third-order valence-corrected chi connectivity index (χ3v) is 9.47. The molecule has 4 aromatic rings. The molecule has 2 aliphatic heterocycles. The van der Waals surface area contributed by atoms with Gasteiger partial charge in [-0.2, -0.15) is 5.10 Å². The molecule has 11 heteroatoms. The molecule has 2 aromatic carbocycles. The van der Waals surface area contributed by atoms with Crippen molar-refractivity contribution < 1.29 is 18.9 Å². The first-order valence-electron chi connectivity index (χ1n) is 17.5. The second kappa shape index (κ2) is 15.6. The maximum absolute atomic E-state index is 14.4. The minimum absolute atomic E-state index is 0.0603. The number of hydrogen-bond acceptors (Lipinski definition) is 7. The number of carbonyl (C=O) groups is 3. The number of amides is 3. The molecule has 0 spiro atoms. The van der Waals surface area contributed by atoms with E-state index in [0.29, 0.717) is 42.9 Å². The molecule has 4 heterocycles. The van der Waals surface area contributed by atoms with E-state index < -0.39 is 6.04 Å². The van der Waals surface area contributed by atoms with Crippen molar-refractivity contribution >= 4 is 17.7 Å². The van der Waals surface area contributed by atoms with Crippen molar-refractivity contribution in [2.24, 2.45) is 5.92 Å². The number of aryl methyl sites for hydroxylation is 1. The van der Waals surface area contributed by atoms with Gasteiger partial charge in [0.05, 0.1) is 11.7 Å². The summed E-state index contributed by atoms with van der Waals surface area (Å²) in [7, 11) is 0. The van der Waals surface area contributed by atoms with E-state index in [1.54, 1.807) is 18.0 Å². The van der Waals surface area contributed by atoms with Crippen molar-refractivity contribution in [3.05, 3.63) is 89.9 Å². The van der Waals surface area contributed by atoms with Crippen molar-refractivity contribution in [2.75, 3.05) is 32.7 Å². The number of rotatable bonds is 7. The summed E-state index contributed by atoms with van der Waals surface area (Å²) in [5.74, 6) is 0.159. The standard InChI is InChI=1S/C38H47N7O4/c1-27(2)22-34(46)43-20-11-19-42(25-29-12-9-15-31(23-29)45-21-10-17-40-45)18-8-7-16-39-37(47)33-24-32(43)26-44(33)38(48)35-28(3)49-41-36(35)30-13-5-4-6-14-30/h4-6,9-10,12-15,17,21,23,27,32-33H,7-8,11,16,18-20,22,24-26H2,1-3H3,(H,39,47)/t32-,33-/m0/s1. The Morgan fingerprint density at radius 3 is 2.57 bits per heavy atom. The number of benzene rings is 2. The molecular weight excluding hydrogens is 618 g/mol. The summed E-state index contributed by atoms with van der Waals surface area (Å²) in [5, 5.41) is 11.7. The van der Waals surface area contributed by atoms with E-state index in [1.807, 2.05) is 66.0 Å². The highest BCUT2D eigenvalue weighted by Gasteiger charge is 2.44. The number of nitrogens with one attached hydrogen (secondary N) is 1. The number of hydrogen-bond donors (Lipinski definition) is 1. The fourth-order valence-corrected chi connectivity index (χ4v) is 7.05. The molecule has 0 saturated carbocycles. The quantitative estimate of drug-likeness (QED) is 0.292. The Bertz CT molecular complexity index is 1720. The van der Waals surface area contributed by atoms with Crippen molar-refractivity contribution in [1.29, 1.82) is 0 Å². The summed E-state index contributed by atoms with van der Waals surface area (Å²) in [6, 6.07) is 18.8. The predicted molar refractivity (Wildman–Crippen MR) is 187 cm³/mol. The normalized spacial score (nSPS) is 19.6. The molecule has 6 rings (SSSR count). The van der Waals surface area contributed by atoms with Gasteiger partial charge in [0.2, 0.25) is 11.8 Å². The summed E-state index contributed by atoms with van der Waals surface area (Å²) in [5.41, 5.74) is 3.80. The first-order chi connectivity index (χ1) is 23.8. The molecule has 2 atom stereocenters. The van der Waals surface area contributed by atoms with E-state index in [0.717, 1.165) is 50.1 Å². The van der Waals surface area contributed by atoms with E-state index >= 15 is 0 Å². The molecule has 2 aliphatic rings. The Kier molecular flexibility index (Phi) is 10.9. The number of carbonyl (C=O) groups excluding carboxylic acids is 3. The van der Waals surface area contributed by atoms with Crippen molar-refractivity contribution in [2.45, 2.75) is 71.5 Å². The van der Waals surface area contributed by atoms with Gasteiger partial charge in [0.15, 0.2) is 0 Å². The molecule has 2 aromatic heterocycles. The number of aromatic nitrogens is 3. The number of nitrogens with zero attached hydrogens (tertiary/aromatic N) is 6. The van der Waals surface area contributed by atoms with Gasteiger partial charge in [0, 0.05) is 57.1 Å². The van der Waals surface area contributed by atoms with Gasteiger partial charge in [-0.25, -0.2) is 4.68 Å². The lowest BCUT2D eigenvalue weighted by Gasteiger charge is -2.31. The third kappa shape index (κ3) is 8.10. The van der Waals surface area contributed by atoms with Gasteiger partial charge in [-0.3, -0.25) is 19.3 Å². The fraction of sp³-hybridized carbons (Fsp3) is 0.447. The predicted octanol–water partition coefficient (Wildman–Crippen LogP) is 5.10. The van der Waals surface area contributed by atoms with Crippen LogP contribution in [0.15, 0.2) is 77.6 Å². The van der Waals surface area contributed by atoms with Gasteiger partial charge in [-0.15, -0.1) is 0 Å². The molecule has 1 N–H and O–H groups in total. The molecule has 11 nitrogen and oxygen atoms in total. The minimum atomic E-state index is -0.703. The van der Waals surface area contributed by atoms with Gasteiger partial charge in [0.25, 0.3) is 5.91 Å². The number of fused-ring (bicyclic) bond motifs is 2. The second-order valence-corrected chi connectivity index (χ2v) is 13.6. The van der Waals surface area contributed by atoms with E-state index in [-0.39, 0.29) is 36.2 Å². The van der Waals surface area contributed by atoms with Crippen LogP contribution in [0.1, 0.15) is 67.6 Å². The summed E-state index contributed by atoms with van der Waals surface area (Å²) < 4.78 is 7.39. The van der Waals surface area contributed by atoms with Gasteiger partial charge in [-0.1, -0.05) is 61.5 Å². The van der Waals surface area contributed by atoms with E-state index in [1.165, 1.54) is 5.56 Å². The van der Waals surface area contributed by atoms with Crippen LogP contribution >= 0.6 is 0 Å². The lowest BCUT2D eigenvalue weighted by Crippen LogP contribution is -2.46. The molecule has 0 aliphatic carbocycles. The van der Waals surface area contributed by atoms with Gasteiger partial charge < -0.3 is 19.6 Å². The smallest absolute Gasteiger partial charge is 0.260 e. The highest BCUT2D eigenvalue weighted by molar-refractivity contribution is 6.03. The van der Waals surface area contributed by atoms with Crippen LogP contribution in [0, 0.1) is 12.8 Å². The van der Waals surface area contributed by atoms with Gasteiger partial charge in [-0.05, 0) is 68.8 Å². The topological polar surface area (TPSA) is 117 Å². The molecule has 2 saturated heterocycles. The van der Waals surface area contributed by atoms with E-state index in [2.05, 4.69) is 44.7 Å². The fourth-order valence-electron chi connectivity index (χ4n) is 7.05. The molecule has 0 unspecified atom stereocenters. The third-order valence-electron chi connectivity index (χ3n) is 9.47. The first kappa shape index (κ1) is 34.1. The minimum Gasteiger partial charge on any atom is -0.360 e. The van der Waals surface area contributed by atoms with Gasteiger partial charge in [0.1, 0.15) is 23.1 Å². The second-order valence-electron chi connectivity index (χ2n) is 13.6. The monoisotopic (exact) mass is 665 g/mol. The van der Waals surface area contributed by atoms with Crippen LogP contribution in [0.3, 0.4) is 0 Å². The van der Waals surface area contributed by atoms with Crippen LogP contribution in [-0.4, -0.2) is 92.2 Å². The van der Waals surface area contributed by atoms with Crippen molar-refractivity contribution in [1.82, 2.24) is 35.0 Å². The Hall–Kier alpha value is -4.77. The zero-order valence-corrected chi connectivity index (χ0v) is 28.8. The maximum atomic E-state index is 14.4. The van der Waals surface area contributed by atoms with E-state index in [4.69, 9.17) is 4.52 Å². The molecular formula is C38H47N7O4. The van der Waals surface area contributed by atoms with Crippen LogP contribution in [0.4, 0.5) is 0 Å². The largest absolute Gasteiger partial charge is 0.360 e. The van der Waals surface area contributed by atoms with Crippen molar-refractivity contribution in [3.63, 3.8) is 0 Å².